The molecule has 2 heterocycles. The Morgan fingerprint density at radius 2 is 1.96 bits per heavy atom. The summed E-state index contributed by atoms with van der Waals surface area (Å²) in [5.41, 5.74) is 9.04. The van der Waals surface area contributed by atoms with E-state index in [1.54, 1.807) is 0 Å². The normalized spacial score (nSPS) is 11.0. The molecule has 0 amide bonds. The molecule has 1 aromatic carbocycles. The van der Waals surface area contributed by atoms with Crippen molar-refractivity contribution in [3.05, 3.63) is 75.2 Å². The molecule has 3 rings (SSSR count). The van der Waals surface area contributed by atoms with Crippen molar-refractivity contribution in [2.75, 3.05) is 6.54 Å². The zero-order valence-electron chi connectivity index (χ0n) is 14.3. The van der Waals surface area contributed by atoms with Gasteiger partial charge in [0.15, 0.2) is 0 Å². The minimum atomic E-state index is -0.335. The van der Waals surface area contributed by atoms with Gasteiger partial charge in [-0.1, -0.05) is 30.3 Å². The number of hydrogen-bond acceptors (Lipinski definition) is 4. The summed E-state index contributed by atoms with van der Waals surface area (Å²) in [4.78, 5) is 27.7. The maximum atomic E-state index is 13.0. The van der Waals surface area contributed by atoms with Crippen LogP contribution in [0.5, 0.6) is 0 Å². The largest absolute Gasteiger partial charge is 0.330 e. The van der Waals surface area contributed by atoms with Crippen LogP contribution >= 0.6 is 0 Å². The van der Waals surface area contributed by atoms with E-state index >= 15 is 0 Å². The van der Waals surface area contributed by atoms with Crippen molar-refractivity contribution < 1.29 is 4.79 Å². The lowest BCUT2D eigenvalue weighted by molar-refractivity contribution is 0.0933. The van der Waals surface area contributed by atoms with Crippen molar-refractivity contribution >= 4 is 5.91 Å². The quantitative estimate of drug-likeness (QED) is 0.730. The van der Waals surface area contributed by atoms with Crippen molar-refractivity contribution in [2.45, 2.75) is 26.8 Å². The SMILES string of the molecule is Cc1nn(C(=O)c2c[nH]c(=O)n2Cc2ccccc2)c(C)c1CCN. The summed E-state index contributed by atoms with van der Waals surface area (Å²) in [7, 11) is 0. The van der Waals surface area contributed by atoms with Crippen LogP contribution in [0.25, 0.3) is 0 Å². The third-order valence-corrected chi connectivity index (χ3v) is 4.30. The van der Waals surface area contributed by atoms with Crippen molar-refractivity contribution in [1.82, 2.24) is 19.3 Å². The van der Waals surface area contributed by atoms with Gasteiger partial charge >= 0.3 is 5.69 Å². The molecule has 0 fully saturated rings. The van der Waals surface area contributed by atoms with Gasteiger partial charge in [-0.25, -0.2) is 4.79 Å². The summed E-state index contributed by atoms with van der Waals surface area (Å²) in [5.74, 6) is -0.335. The number of nitrogens with zero attached hydrogens (tertiary/aromatic N) is 3. The molecule has 0 unspecified atom stereocenters. The molecule has 0 saturated carbocycles. The first-order valence-corrected chi connectivity index (χ1v) is 8.15. The van der Waals surface area contributed by atoms with Gasteiger partial charge in [0.2, 0.25) is 0 Å². The van der Waals surface area contributed by atoms with E-state index in [2.05, 4.69) is 10.1 Å². The van der Waals surface area contributed by atoms with E-state index in [1.807, 2.05) is 44.2 Å². The average Bonchev–Trinajstić information content (AvgIpc) is 3.10. The summed E-state index contributed by atoms with van der Waals surface area (Å²) in [6.45, 7) is 4.51. The Labute approximate surface area is 145 Å². The number of H-pyrrole nitrogens is 1. The van der Waals surface area contributed by atoms with Crippen molar-refractivity contribution in [1.29, 1.82) is 0 Å². The standard InChI is InChI=1S/C18H21N5O2/c1-12-15(8-9-19)13(2)23(21-12)17(24)16-10-20-18(25)22(16)11-14-6-4-3-5-7-14/h3-7,10H,8-9,11,19H2,1-2H3,(H,20,25). The Morgan fingerprint density at radius 1 is 1.24 bits per heavy atom. The molecule has 130 valence electrons. The highest BCUT2D eigenvalue weighted by molar-refractivity contribution is 5.94. The zero-order valence-corrected chi connectivity index (χ0v) is 14.3. The Hall–Kier alpha value is -2.93. The van der Waals surface area contributed by atoms with E-state index in [1.165, 1.54) is 15.4 Å². The highest BCUT2D eigenvalue weighted by atomic mass is 16.2. The molecular weight excluding hydrogens is 318 g/mol. The van der Waals surface area contributed by atoms with Crippen LogP contribution in [0.2, 0.25) is 0 Å². The Bertz CT molecular complexity index is 950. The summed E-state index contributed by atoms with van der Waals surface area (Å²) in [6, 6.07) is 9.53. The second-order valence-corrected chi connectivity index (χ2v) is 5.96. The number of aryl methyl sites for hydroxylation is 1. The topological polar surface area (TPSA) is 98.7 Å². The minimum absolute atomic E-state index is 0.277. The molecule has 25 heavy (non-hydrogen) atoms. The van der Waals surface area contributed by atoms with Gasteiger partial charge in [0.1, 0.15) is 5.69 Å². The number of carbonyl (C=O) groups excluding carboxylic acids is 1. The monoisotopic (exact) mass is 339 g/mol. The fraction of sp³-hybridized carbons (Fsp3) is 0.278. The van der Waals surface area contributed by atoms with Gasteiger partial charge in [-0.2, -0.15) is 9.78 Å². The Balaban J connectivity index is 1.99. The number of imidazole rings is 1. The molecule has 0 spiro atoms. The van der Waals surface area contributed by atoms with Crippen LogP contribution in [0, 0.1) is 13.8 Å². The lowest BCUT2D eigenvalue weighted by Crippen LogP contribution is -2.25. The molecule has 3 N–H and O–H groups in total. The van der Waals surface area contributed by atoms with E-state index in [4.69, 9.17) is 5.73 Å². The first-order chi connectivity index (χ1) is 12.0. The predicted octanol–water partition coefficient (Wildman–Crippen LogP) is 1.23. The highest BCUT2D eigenvalue weighted by Gasteiger charge is 2.21. The van der Waals surface area contributed by atoms with E-state index in [0.29, 0.717) is 19.5 Å². The number of aromatic amines is 1. The first-order valence-electron chi connectivity index (χ1n) is 8.15. The third-order valence-electron chi connectivity index (χ3n) is 4.30. The molecule has 0 saturated heterocycles. The molecular formula is C18H21N5O2. The molecule has 0 aliphatic carbocycles. The molecule has 0 aliphatic heterocycles. The molecule has 0 atom stereocenters. The van der Waals surface area contributed by atoms with Gasteiger partial charge in [-0.15, -0.1) is 0 Å². The van der Waals surface area contributed by atoms with Crippen molar-refractivity contribution in [2.24, 2.45) is 5.73 Å². The zero-order chi connectivity index (χ0) is 18.0. The minimum Gasteiger partial charge on any atom is -0.330 e. The molecule has 3 aromatic rings. The number of rotatable bonds is 5. The first kappa shape index (κ1) is 16.9. The summed E-state index contributed by atoms with van der Waals surface area (Å²) in [5, 5.41) is 4.34. The van der Waals surface area contributed by atoms with E-state index in [-0.39, 0.29) is 17.3 Å². The molecule has 0 radical (unpaired) electrons. The van der Waals surface area contributed by atoms with Gasteiger partial charge in [0.05, 0.1) is 12.2 Å². The van der Waals surface area contributed by atoms with E-state index in [0.717, 1.165) is 22.5 Å². The van der Waals surface area contributed by atoms with Gasteiger partial charge in [0, 0.05) is 11.9 Å². The lowest BCUT2D eigenvalue weighted by atomic mass is 10.1. The maximum Gasteiger partial charge on any atom is 0.326 e. The summed E-state index contributed by atoms with van der Waals surface area (Å²) < 4.78 is 2.78. The van der Waals surface area contributed by atoms with Gasteiger partial charge < -0.3 is 10.7 Å². The second-order valence-electron chi connectivity index (χ2n) is 5.96. The smallest absolute Gasteiger partial charge is 0.326 e. The Morgan fingerprint density at radius 3 is 2.64 bits per heavy atom. The summed E-state index contributed by atoms with van der Waals surface area (Å²) >= 11 is 0. The number of carbonyl (C=O) groups is 1. The molecule has 0 bridgehead atoms. The van der Waals surface area contributed by atoms with Crippen LogP contribution < -0.4 is 11.4 Å². The number of nitrogens with one attached hydrogen (secondary N) is 1. The van der Waals surface area contributed by atoms with Crippen LogP contribution in [-0.2, 0) is 13.0 Å². The van der Waals surface area contributed by atoms with Gasteiger partial charge in [-0.3, -0.25) is 9.36 Å². The predicted molar refractivity (Wildman–Crippen MR) is 94.8 cm³/mol. The van der Waals surface area contributed by atoms with Gasteiger partial charge in [-0.05, 0) is 37.9 Å². The van der Waals surface area contributed by atoms with Crippen LogP contribution in [0.4, 0.5) is 0 Å². The van der Waals surface area contributed by atoms with Gasteiger partial charge in [0.25, 0.3) is 5.91 Å². The fourth-order valence-electron chi connectivity index (χ4n) is 2.98. The highest BCUT2D eigenvalue weighted by Crippen LogP contribution is 2.15. The maximum absolute atomic E-state index is 13.0. The average molecular weight is 339 g/mol. The van der Waals surface area contributed by atoms with Crippen LogP contribution in [-0.4, -0.2) is 31.8 Å². The fourth-order valence-corrected chi connectivity index (χ4v) is 2.98. The van der Waals surface area contributed by atoms with E-state index in [9.17, 15) is 9.59 Å². The third kappa shape index (κ3) is 3.18. The summed E-state index contributed by atoms with van der Waals surface area (Å²) in [6.07, 6.45) is 2.10. The number of benzene rings is 1. The number of aromatic nitrogens is 4. The number of nitrogens with two attached hydrogens (primary N) is 1. The van der Waals surface area contributed by atoms with E-state index < -0.39 is 0 Å². The van der Waals surface area contributed by atoms with Crippen LogP contribution in [0.15, 0.2) is 41.3 Å². The molecule has 0 aliphatic rings. The lowest BCUT2D eigenvalue weighted by Gasteiger charge is -2.08. The molecule has 7 heteroatoms. The number of hydrogen-bond donors (Lipinski definition) is 2. The second kappa shape index (κ2) is 6.90. The molecule has 7 nitrogen and oxygen atoms in total. The van der Waals surface area contributed by atoms with Crippen LogP contribution in [0.3, 0.4) is 0 Å². The Kier molecular flexibility index (Phi) is 4.67. The molecule has 2 aromatic heterocycles. The van der Waals surface area contributed by atoms with Crippen LogP contribution in [0.1, 0.15) is 33.0 Å². The van der Waals surface area contributed by atoms with Crippen molar-refractivity contribution in [3.8, 4) is 0 Å². The van der Waals surface area contributed by atoms with Crippen molar-refractivity contribution in [3.63, 3.8) is 0 Å².